The van der Waals surface area contributed by atoms with Crippen molar-refractivity contribution in [1.82, 2.24) is 0 Å². The minimum Gasteiger partial charge on any atom is -0.458 e. The van der Waals surface area contributed by atoms with Gasteiger partial charge in [-0.05, 0) is 63.5 Å². The molecule has 3 aliphatic rings. The maximum atomic E-state index is 6.80. The van der Waals surface area contributed by atoms with E-state index in [9.17, 15) is 0 Å². The minimum atomic E-state index is -0.205. The van der Waals surface area contributed by atoms with Gasteiger partial charge in [0.15, 0.2) is 0 Å². The smallest absolute Gasteiger partial charge is 0.251 e. The Morgan fingerprint density at radius 1 is 0.614 bits per heavy atom. The number of nitrogens with zero attached hydrogens (tertiary/aromatic N) is 1. The Hall–Kier alpha value is -5.22. The first kappa shape index (κ1) is 24.3. The predicted octanol–water partition coefficient (Wildman–Crippen LogP) is 8.22. The number of para-hydroxylation sites is 3. The molecule has 0 atom stereocenters. The van der Waals surface area contributed by atoms with Gasteiger partial charge in [-0.2, -0.15) is 0 Å². The first-order valence-electron chi connectivity index (χ1n) is 15.4. The third kappa shape index (κ3) is 3.12. The fourth-order valence-electron chi connectivity index (χ4n) is 8.16. The molecule has 6 aromatic carbocycles. The summed E-state index contributed by atoms with van der Waals surface area (Å²) in [7, 11) is 0. The van der Waals surface area contributed by atoms with Crippen LogP contribution in [0, 0.1) is 0 Å². The number of hydrogen-bond acceptors (Lipinski definition) is 3. The van der Waals surface area contributed by atoms with Gasteiger partial charge in [0, 0.05) is 40.4 Å². The van der Waals surface area contributed by atoms with E-state index in [0.29, 0.717) is 0 Å². The van der Waals surface area contributed by atoms with E-state index in [1.165, 1.54) is 49.7 Å². The zero-order chi connectivity index (χ0) is 29.2. The third-order valence-corrected chi connectivity index (χ3v) is 10.2. The van der Waals surface area contributed by atoms with Crippen molar-refractivity contribution in [2.75, 3.05) is 4.90 Å². The molecule has 0 radical (unpaired) electrons. The number of ether oxygens (including phenoxy) is 1. The van der Waals surface area contributed by atoms with Gasteiger partial charge in [-0.25, -0.2) is 0 Å². The maximum Gasteiger partial charge on any atom is 0.251 e. The van der Waals surface area contributed by atoms with Crippen molar-refractivity contribution in [2.45, 2.75) is 25.7 Å². The zero-order valence-corrected chi connectivity index (χ0v) is 24.6. The van der Waals surface area contributed by atoms with Crippen molar-refractivity contribution < 1.29 is 9.15 Å². The van der Waals surface area contributed by atoms with Gasteiger partial charge in [0.25, 0.3) is 6.71 Å². The molecule has 0 bridgehead atoms. The summed E-state index contributed by atoms with van der Waals surface area (Å²) in [5.41, 5.74) is 14.3. The third-order valence-electron chi connectivity index (χ3n) is 10.2. The quantitative estimate of drug-likeness (QED) is 0.188. The summed E-state index contributed by atoms with van der Waals surface area (Å²) in [4.78, 5) is 2.42. The van der Waals surface area contributed by atoms with Crippen molar-refractivity contribution in [3.8, 4) is 11.5 Å². The summed E-state index contributed by atoms with van der Waals surface area (Å²) in [6.45, 7) is 4.86. The molecule has 44 heavy (non-hydrogen) atoms. The first-order chi connectivity index (χ1) is 21.6. The molecule has 0 fully saturated rings. The highest BCUT2D eigenvalue weighted by molar-refractivity contribution is 6.98. The van der Waals surface area contributed by atoms with E-state index in [2.05, 4.69) is 134 Å². The van der Waals surface area contributed by atoms with Crippen LogP contribution in [0.1, 0.15) is 36.1 Å². The van der Waals surface area contributed by atoms with Crippen molar-refractivity contribution in [3.63, 3.8) is 0 Å². The molecule has 0 N–H and O–H groups in total. The highest BCUT2D eigenvalue weighted by Gasteiger charge is 2.45. The van der Waals surface area contributed by atoms with Crippen LogP contribution >= 0.6 is 0 Å². The highest BCUT2D eigenvalue weighted by atomic mass is 16.5. The summed E-state index contributed by atoms with van der Waals surface area (Å²) in [6.07, 6.45) is 0.875. The molecule has 10 rings (SSSR count). The number of rotatable bonds is 1. The van der Waals surface area contributed by atoms with E-state index in [0.717, 1.165) is 45.8 Å². The molecule has 4 heteroatoms. The average molecular weight is 565 g/mol. The molecule has 0 saturated carbocycles. The van der Waals surface area contributed by atoms with Gasteiger partial charge >= 0.3 is 0 Å². The molecule has 0 unspecified atom stereocenters. The van der Waals surface area contributed by atoms with Crippen molar-refractivity contribution >= 4 is 62.1 Å². The lowest BCUT2D eigenvalue weighted by Gasteiger charge is -2.43. The predicted molar refractivity (Wildman–Crippen MR) is 181 cm³/mol. The van der Waals surface area contributed by atoms with Gasteiger partial charge < -0.3 is 14.1 Å². The second kappa shape index (κ2) is 8.45. The van der Waals surface area contributed by atoms with E-state index in [1.54, 1.807) is 0 Å². The van der Waals surface area contributed by atoms with Gasteiger partial charge in [-0.1, -0.05) is 98.2 Å². The summed E-state index contributed by atoms with van der Waals surface area (Å²) in [6, 6.07) is 43.9. The minimum absolute atomic E-state index is 0.138. The summed E-state index contributed by atoms with van der Waals surface area (Å²) in [5, 5.41) is 2.33. The van der Waals surface area contributed by atoms with Crippen LogP contribution in [0.5, 0.6) is 11.5 Å². The largest absolute Gasteiger partial charge is 0.458 e. The van der Waals surface area contributed by atoms with E-state index in [4.69, 9.17) is 9.15 Å². The van der Waals surface area contributed by atoms with Gasteiger partial charge in [-0.3, -0.25) is 0 Å². The summed E-state index contributed by atoms with van der Waals surface area (Å²) < 4.78 is 13.2. The van der Waals surface area contributed by atoms with Crippen molar-refractivity contribution in [1.29, 1.82) is 0 Å². The first-order valence-corrected chi connectivity index (χ1v) is 15.4. The molecule has 208 valence electrons. The van der Waals surface area contributed by atoms with E-state index >= 15 is 0 Å². The molecular weight excluding hydrogens is 537 g/mol. The Balaban J connectivity index is 1.26. The Labute approximate surface area is 256 Å². The fourth-order valence-corrected chi connectivity index (χ4v) is 8.16. The van der Waals surface area contributed by atoms with Gasteiger partial charge in [0.05, 0.1) is 11.4 Å². The van der Waals surface area contributed by atoms with Crippen LogP contribution in [0.4, 0.5) is 17.1 Å². The molecule has 0 aliphatic carbocycles. The van der Waals surface area contributed by atoms with Gasteiger partial charge in [0.2, 0.25) is 0 Å². The van der Waals surface area contributed by atoms with Crippen LogP contribution in [-0.2, 0) is 11.8 Å². The maximum absolute atomic E-state index is 6.80. The van der Waals surface area contributed by atoms with Crippen LogP contribution in [0.2, 0.25) is 0 Å². The van der Waals surface area contributed by atoms with Crippen LogP contribution in [0.3, 0.4) is 0 Å². The van der Waals surface area contributed by atoms with Crippen LogP contribution in [0.15, 0.2) is 126 Å². The second-order valence-electron chi connectivity index (χ2n) is 12.9. The molecule has 3 nitrogen and oxygen atoms in total. The molecule has 7 aromatic rings. The second-order valence-corrected chi connectivity index (χ2v) is 12.9. The van der Waals surface area contributed by atoms with Gasteiger partial charge in [-0.15, -0.1) is 0 Å². The zero-order valence-electron chi connectivity index (χ0n) is 24.6. The summed E-state index contributed by atoms with van der Waals surface area (Å²) >= 11 is 0. The Kier molecular flexibility index (Phi) is 4.66. The molecule has 0 spiro atoms. The van der Waals surface area contributed by atoms with Crippen molar-refractivity contribution in [3.05, 3.63) is 144 Å². The monoisotopic (exact) mass is 565 g/mol. The topological polar surface area (TPSA) is 25.6 Å². The van der Waals surface area contributed by atoms with Gasteiger partial charge in [0.1, 0.15) is 22.7 Å². The SMILES string of the molecule is CC1(C)c2ccccc2B2c3ccccc3Oc3cc(N4c5ccccc5Cc5cc6c(cc54)oc4ccccc46)cc1c32. The standard InChI is InChI=1S/C40H28BNO2/c1-40(2)29-13-5-6-14-31(29)41-32-15-7-10-18-36(32)44-38-22-26(21-30(40)39(38)41)42-33-16-8-3-11-24(33)19-25-20-28-27-12-4-9-17-35(27)43-37(28)23-34(25)42/h3-18,20-23H,19H2,1-2H3. The number of furan rings is 1. The lowest BCUT2D eigenvalue weighted by Crippen LogP contribution is -2.62. The lowest BCUT2D eigenvalue weighted by molar-refractivity contribution is 0.484. The molecule has 3 aliphatic heterocycles. The Bertz CT molecular complexity index is 2350. The molecular formula is C40H28BNO2. The van der Waals surface area contributed by atoms with E-state index < -0.39 is 0 Å². The van der Waals surface area contributed by atoms with Crippen LogP contribution in [0.25, 0.3) is 21.9 Å². The number of hydrogen-bond donors (Lipinski definition) is 0. The van der Waals surface area contributed by atoms with Crippen molar-refractivity contribution in [2.24, 2.45) is 0 Å². The number of fused-ring (bicyclic) bond motifs is 9. The average Bonchev–Trinajstić information content (AvgIpc) is 3.41. The Morgan fingerprint density at radius 3 is 2.32 bits per heavy atom. The fraction of sp³-hybridized carbons (Fsp3) is 0.100. The normalized spacial score (nSPS) is 15.2. The lowest BCUT2D eigenvalue weighted by atomic mass is 9.30. The van der Waals surface area contributed by atoms with E-state index in [1.807, 2.05) is 6.07 Å². The van der Waals surface area contributed by atoms with Crippen LogP contribution in [-0.4, -0.2) is 6.71 Å². The Morgan fingerprint density at radius 2 is 1.39 bits per heavy atom. The highest BCUT2D eigenvalue weighted by Crippen LogP contribution is 2.49. The van der Waals surface area contributed by atoms with E-state index in [-0.39, 0.29) is 12.1 Å². The van der Waals surface area contributed by atoms with Crippen LogP contribution < -0.4 is 26.0 Å². The molecule has 0 amide bonds. The number of anilines is 3. The molecule has 0 saturated heterocycles. The summed E-state index contributed by atoms with van der Waals surface area (Å²) in [5.74, 6) is 1.88. The molecule has 4 heterocycles. The molecule has 1 aromatic heterocycles. The number of benzene rings is 6.